The van der Waals surface area contributed by atoms with Crippen molar-refractivity contribution in [1.82, 2.24) is 0 Å². The zero-order valence-electron chi connectivity index (χ0n) is 11.2. The Hall–Kier alpha value is -2.96. The number of hydrogen-bond donors (Lipinski definition) is 4. The summed E-state index contributed by atoms with van der Waals surface area (Å²) in [4.78, 5) is 10.4. The largest absolute Gasteiger partial charge is 0.504 e. The zero-order valence-corrected chi connectivity index (χ0v) is 11.2. The molecule has 110 valence electrons. The number of aryl methyl sites for hydroxylation is 1. The monoisotopic (exact) mass is 290 g/mol. The van der Waals surface area contributed by atoms with Crippen LogP contribution in [0.25, 0.3) is 0 Å². The van der Waals surface area contributed by atoms with Crippen molar-refractivity contribution < 1.29 is 20.2 Å². The average Bonchev–Trinajstić information content (AvgIpc) is 2.44. The van der Waals surface area contributed by atoms with E-state index in [-0.39, 0.29) is 12.2 Å². The molecule has 21 heavy (non-hydrogen) atoms. The Morgan fingerprint density at radius 1 is 1.14 bits per heavy atom. The van der Waals surface area contributed by atoms with Gasteiger partial charge in [-0.25, -0.2) is 0 Å². The van der Waals surface area contributed by atoms with Gasteiger partial charge in [-0.05, 0) is 30.7 Å². The van der Waals surface area contributed by atoms with Crippen molar-refractivity contribution in [3.8, 4) is 17.2 Å². The highest BCUT2D eigenvalue weighted by Crippen LogP contribution is 2.37. The summed E-state index contributed by atoms with van der Waals surface area (Å²) in [5.41, 5.74) is 1.39. The van der Waals surface area contributed by atoms with Gasteiger partial charge in [0.05, 0.1) is 4.92 Å². The lowest BCUT2D eigenvalue weighted by Gasteiger charge is -2.10. The van der Waals surface area contributed by atoms with Crippen LogP contribution in [0, 0.1) is 17.0 Å². The van der Waals surface area contributed by atoms with Crippen molar-refractivity contribution in [3.05, 3.63) is 51.6 Å². The van der Waals surface area contributed by atoms with Crippen LogP contribution in [0.3, 0.4) is 0 Å². The highest BCUT2D eigenvalue weighted by Gasteiger charge is 2.15. The fraction of sp³-hybridized carbons (Fsp3) is 0.143. The molecule has 0 aliphatic rings. The van der Waals surface area contributed by atoms with E-state index in [1.165, 1.54) is 18.2 Å². The number of phenols is 3. The van der Waals surface area contributed by atoms with Gasteiger partial charge in [-0.3, -0.25) is 10.1 Å². The van der Waals surface area contributed by atoms with Crippen LogP contribution in [-0.4, -0.2) is 20.2 Å². The average molecular weight is 290 g/mol. The van der Waals surface area contributed by atoms with Crippen molar-refractivity contribution in [2.24, 2.45) is 0 Å². The molecule has 7 nitrogen and oxygen atoms in total. The molecule has 0 amide bonds. The molecule has 2 aromatic carbocycles. The Balaban J connectivity index is 2.26. The molecule has 0 aliphatic heterocycles. The van der Waals surface area contributed by atoms with Gasteiger partial charge in [0.2, 0.25) is 5.75 Å². The van der Waals surface area contributed by atoms with Crippen LogP contribution in [0.15, 0.2) is 30.3 Å². The third-order valence-corrected chi connectivity index (χ3v) is 3.03. The second-order valence-corrected chi connectivity index (χ2v) is 4.57. The first-order valence-corrected chi connectivity index (χ1v) is 6.12. The molecule has 7 heteroatoms. The van der Waals surface area contributed by atoms with Crippen LogP contribution >= 0.6 is 0 Å². The number of rotatable bonds is 4. The number of nitrogens with zero attached hydrogens (tertiary/aromatic N) is 1. The number of nitro groups is 1. The first kappa shape index (κ1) is 14.4. The van der Waals surface area contributed by atoms with Crippen molar-refractivity contribution in [3.63, 3.8) is 0 Å². The van der Waals surface area contributed by atoms with E-state index in [1.807, 2.05) is 0 Å². The van der Waals surface area contributed by atoms with E-state index in [0.717, 1.165) is 5.56 Å². The third kappa shape index (κ3) is 2.97. The molecular weight excluding hydrogens is 276 g/mol. The quantitative estimate of drug-likeness (QED) is 0.391. The topological polar surface area (TPSA) is 116 Å². The number of nitrogens with one attached hydrogen (secondary N) is 1. The van der Waals surface area contributed by atoms with Crippen LogP contribution in [0.1, 0.15) is 11.1 Å². The van der Waals surface area contributed by atoms with Crippen LogP contribution in [-0.2, 0) is 6.54 Å². The van der Waals surface area contributed by atoms with Crippen LogP contribution < -0.4 is 5.32 Å². The summed E-state index contributed by atoms with van der Waals surface area (Å²) in [5, 5.41) is 42.2. The summed E-state index contributed by atoms with van der Waals surface area (Å²) >= 11 is 0. The normalized spacial score (nSPS) is 10.3. The number of nitro benzene ring substituents is 1. The maximum absolute atomic E-state index is 11.0. The minimum absolute atomic E-state index is 0.0595. The number of hydrogen-bond acceptors (Lipinski definition) is 6. The zero-order chi connectivity index (χ0) is 15.6. The van der Waals surface area contributed by atoms with Gasteiger partial charge in [0.1, 0.15) is 5.69 Å². The lowest BCUT2D eigenvalue weighted by molar-refractivity contribution is -0.384. The molecule has 0 fully saturated rings. The highest BCUT2D eigenvalue weighted by atomic mass is 16.6. The first-order chi connectivity index (χ1) is 9.90. The fourth-order valence-electron chi connectivity index (χ4n) is 1.89. The minimum atomic E-state index is -0.618. The van der Waals surface area contributed by atoms with Crippen LogP contribution in [0.4, 0.5) is 11.4 Å². The molecule has 0 bridgehead atoms. The van der Waals surface area contributed by atoms with Gasteiger partial charge < -0.3 is 20.6 Å². The Morgan fingerprint density at radius 2 is 1.86 bits per heavy atom. The highest BCUT2D eigenvalue weighted by molar-refractivity contribution is 5.63. The number of benzene rings is 2. The summed E-state index contributed by atoms with van der Waals surface area (Å²) in [6.07, 6.45) is 0. The molecule has 2 rings (SSSR count). The summed E-state index contributed by atoms with van der Waals surface area (Å²) in [6.45, 7) is 1.86. The molecule has 4 N–H and O–H groups in total. The van der Waals surface area contributed by atoms with Crippen LogP contribution in [0.5, 0.6) is 17.2 Å². The van der Waals surface area contributed by atoms with Gasteiger partial charge in [-0.1, -0.05) is 6.07 Å². The molecule has 0 atom stereocenters. The van der Waals surface area contributed by atoms with Crippen molar-refractivity contribution in [2.75, 3.05) is 5.32 Å². The molecule has 0 saturated heterocycles. The van der Waals surface area contributed by atoms with Crippen LogP contribution in [0.2, 0.25) is 0 Å². The fourth-order valence-corrected chi connectivity index (χ4v) is 1.89. The van der Waals surface area contributed by atoms with Gasteiger partial charge in [0, 0.05) is 18.2 Å². The second kappa shape index (κ2) is 5.58. The maximum atomic E-state index is 11.0. The number of aromatic hydroxyl groups is 3. The van der Waals surface area contributed by atoms with E-state index in [2.05, 4.69) is 5.32 Å². The number of phenolic OH excluding ortho intramolecular Hbond substituents is 3. The predicted octanol–water partition coefficient (Wildman–Crippen LogP) is 2.63. The Labute approximate surface area is 120 Å². The lowest BCUT2D eigenvalue weighted by Crippen LogP contribution is -2.03. The van der Waals surface area contributed by atoms with Gasteiger partial charge in [0.25, 0.3) is 5.69 Å². The van der Waals surface area contributed by atoms with E-state index in [4.69, 9.17) is 0 Å². The van der Waals surface area contributed by atoms with E-state index >= 15 is 0 Å². The van der Waals surface area contributed by atoms with Crippen molar-refractivity contribution in [1.29, 1.82) is 0 Å². The van der Waals surface area contributed by atoms with E-state index in [0.29, 0.717) is 11.3 Å². The van der Waals surface area contributed by atoms with Gasteiger partial charge in [0.15, 0.2) is 11.5 Å². The minimum Gasteiger partial charge on any atom is -0.504 e. The molecule has 0 saturated carbocycles. The number of anilines is 1. The molecular formula is C14H14N2O5. The first-order valence-electron chi connectivity index (χ1n) is 6.12. The summed E-state index contributed by atoms with van der Waals surface area (Å²) in [6, 6.07) is 7.30. The molecule has 0 aromatic heterocycles. The predicted molar refractivity (Wildman–Crippen MR) is 76.6 cm³/mol. The standard InChI is InChI=1S/C14H14N2O5/c1-8-2-4-11(16(20)21)10(6-8)15-7-9-3-5-12(17)14(19)13(9)18/h2-6,15,17-19H,7H2,1H3. The third-order valence-electron chi connectivity index (χ3n) is 3.03. The Bertz CT molecular complexity index is 700. The molecule has 0 unspecified atom stereocenters. The molecule has 0 spiro atoms. The Morgan fingerprint density at radius 3 is 2.52 bits per heavy atom. The van der Waals surface area contributed by atoms with Gasteiger partial charge >= 0.3 is 0 Å². The van der Waals surface area contributed by atoms with E-state index in [1.54, 1.807) is 19.1 Å². The summed E-state index contributed by atoms with van der Waals surface area (Å²) in [7, 11) is 0. The van der Waals surface area contributed by atoms with Crippen molar-refractivity contribution >= 4 is 11.4 Å². The van der Waals surface area contributed by atoms with E-state index < -0.39 is 22.2 Å². The maximum Gasteiger partial charge on any atom is 0.292 e. The molecule has 0 aliphatic carbocycles. The smallest absolute Gasteiger partial charge is 0.292 e. The van der Waals surface area contributed by atoms with Crippen molar-refractivity contribution in [2.45, 2.75) is 13.5 Å². The lowest BCUT2D eigenvalue weighted by atomic mass is 10.1. The van der Waals surface area contributed by atoms with Gasteiger partial charge in [-0.15, -0.1) is 0 Å². The van der Waals surface area contributed by atoms with E-state index in [9.17, 15) is 25.4 Å². The summed E-state index contributed by atoms with van der Waals surface area (Å²) in [5.74, 6) is -1.51. The van der Waals surface area contributed by atoms with Gasteiger partial charge in [-0.2, -0.15) is 0 Å². The molecule has 0 heterocycles. The second-order valence-electron chi connectivity index (χ2n) is 4.57. The SMILES string of the molecule is Cc1ccc([N+](=O)[O-])c(NCc2ccc(O)c(O)c2O)c1. The Kier molecular flexibility index (Phi) is 3.84. The molecule has 0 radical (unpaired) electrons. The summed E-state index contributed by atoms with van der Waals surface area (Å²) < 4.78 is 0. The molecule has 2 aromatic rings.